The largest absolute Gasteiger partial charge is 0.507 e. The van der Waals surface area contributed by atoms with Crippen LogP contribution in [0.5, 0.6) is 11.5 Å². The summed E-state index contributed by atoms with van der Waals surface area (Å²) in [6.45, 7) is 10.2. The smallest absolute Gasteiger partial charge is 0.127 e. The molecule has 0 radical (unpaired) electrons. The van der Waals surface area contributed by atoms with Crippen LogP contribution in [0.15, 0.2) is 23.9 Å². The van der Waals surface area contributed by atoms with Gasteiger partial charge in [0.1, 0.15) is 11.5 Å². The van der Waals surface area contributed by atoms with Gasteiger partial charge in [0.05, 0.1) is 13.2 Å². The van der Waals surface area contributed by atoms with Crippen LogP contribution >= 0.6 is 0 Å². The van der Waals surface area contributed by atoms with E-state index in [9.17, 15) is 5.11 Å². The van der Waals surface area contributed by atoms with E-state index in [2.05, 4.69) is 38.4 Å². The third-order valence-corrected chi connectivity index (χ3v) is 6.59. The molecule has 3 rings (SSSR count). The Labute approximate surface area is 170 Å². The number of aromatic hydroxyl groups is 1. The van der Waals surface area contributed by atoms with Crippen molar-refractivity contribution in [3.8, 4) is 11.5 Å². The zero-order valence-electron chi connectivity index (χ0n) is 18.0. The van der Waals surface area contributed by atoms with Gasteiger partial charge in [0.25, 0.3) is 0 Å². The van der Waals surface area contributed by atoms with Crippen LogP contribution in [0.1, 0.15) is 89.2 Å². The SMILES string of the molecule is CCCCCC(C)C(C)c1cc(O)c2c(c1)OC[C@@H]1CCC(NOCC)=C[C@@H]21. The summed E-state index contributed by atoms with van der Waals surface area (Å²) in [5.74, 6) is 2.85. The summed E-state index contributed by atoms with van der Waals surface area (Å²) < 4.78 is 6.12. The van der Waals surface area contributed by atoms with Crippen LogP contribution < -0.4 is 10.2 Å². The molecule has 1 heterocycles. The van der Waals surface area contributed by atoms with Gasteiger partial charge in [-0.05, 0) is 49.3 Å². The van der Waals surface area contributed by atoms with Crippen molar-refractivity contribution in [3.63, 3.8) is 0 Å². The molecule has 0 fully saturated rings. The number of unbranched alkanes of at least 4 members (excludes halogenated alkanes) is 2. The van der Waals surface area contributed by atoms with Crippen molar-refractivity contribution in [1.29, 1.82) is 0 Å². The van der Waals surface area contributed by atoms with Crippen LogP contribution in [0.25, 0.3) is 0 Å². The summed E-state index contributed by atoms with van der Waals surface area (Å²) in [7, 11) is 0. The van der Waals surface area contributed by atoms with E-state index in [0.29, 0.717) is 30.1 Å². The highest BCUT2D eigenvalue weighted by Crippen LogP contribution is 2.48. The van der Waals surface area contributed by atoms with E-state index >= 15 is 0 Å². The molecule has 4 nitrogen and oxygen atoms in total. The minimum atomic E-state index is 0.187. The second-order valence-electron chi connectivity index (χ2n) is 8.58. The van der Waals surface area contributed by atoms with Crippen LogP contribution in [0.3, 0.4) is 0 Å². The van der Waals surface area contributed by atoms with Crippen molar-refractivity contribution in [3.05, 3.63) is 35.0 Å². The Kier molecular flexibility index (Phi) is 7.28. The normalized spacial score (nSPS) is 23.1. The van der Waals surface area contributed by atoms with Crippen molar-refractivity contribution in [2.45, 2.75) is 78.1 Å². The number of nitrogens with one attached hydrogen (secondary N) is 1. The number of rotatable bonds is 9. The molecule has 1 aliphatic carbocycles. The van der Waals surface area contributed by atoms with Gasteiger partial charge in [0.15, 0.2) is 0 Å². The molecule has 156 valence electrons. The Balaban J connectivity index is 1.81. The first-order valence-electron chi connectivity index (χ1n) is 11.1. The fraction of sp³-hybridized carbons (Fsp3) is 0.667. The molecule has 2 N–H and O–H groups in total. The molecular weight excluding hydrogens is 350 g/mol. The summed E-state index contributed by atoms with van der Waals surface area (Å²) in [4.78, 5) is 5.38. The van der Waals surface area contributed by atoms with Gasteiger partial charge < -0.3 is 9.84 Å². The number of fused-ring (bicyclic) bond motifs is 3. The number of phenols is 1. The lowest BCUT2D eigenvalue weighted by molar-refractivity contribution is 0.0665. The fourth-order valence-corrected chi connectivity index (χ4v) is 4.55. The van der Waals surface area contributed by atoms with Gasteiger partial charge in [0.2, 0.25) is 0 Å². The quantitative estimate of drug-likeness (QED) is 0.402. The van der Waals surface area contributed by atoms with Crippen molar-refractivity contribution >= 4 is 0 Å². The predicted molar refractivity (Wildman–Crippen MR) is 114 cm³/mol. The molecule has 28 heavy (non-hydrogen) atoms. The molecule has 1 aromatic rings. The summed E-state index contributed by atoms with van der Waals surface area (Å²) in [5, 5.41) is 10.9. The predicted octanol–water partition coefficient (Wildman–Crippen LogP) is 6.02. The van der Waals surface area contributed by atoms with Crippen LogP contribution in [-0.2, 0) is 4.84 Å². The van der Waals surface area contributed by atoms with Crippen molar-refractivity contribution < 1.29 is 14.7 Å². The molecule has 0 aromatic heterocycles. The second-order valence-corrected chi connectivity index (χ2v) is 8.58. The van der Waals surface area contributed by atoms with Gasteiger partial charge in [-0.1, -0.05) is 52.5 Å². The van der Waals surface area contributed by atoms with Gasteiger partial charge in [-0.2, -0.15) is 0 Å². The van der Waals surface area contributed by atoms with E-state index in [1.54, 1.807) is 0 Å². The molecule has 4 heteroatoms. The van der Waals surface area contributed by atoms with Gasteiger partial charge in [0, 0.05) is 23.1 Å². The maximum atomic E-state index is 10.9. The number of phenolic OH excluding ortho intramolecular Hbond substituents is 1. The Morgan fingerprint density at radius 2 is 2.07 bits per heavy atom. The number of ether oxygens (including phenoxy) is 1. The molecule has 1 aliphatic heterocycles. The van der Waals surface area contributed by atoms with E-state index in [-0.39, 0.29) is 5.92 Å². The van der Waals surface area contributed by atoms with Gasteiger partial charge in [-0.3, -0.25) is 10.3 Å². The fourth-order valence-electron chi connectivity index (χ4n) is 4.55. The summed E-state index contributed by atoms with van der Waals surface area (Å²) in [6, 6.07) is 4.15. The highest BCUT2D eigenvalue weighted by Gasteiger charge is 2.35. The molecule has 0 amide bonds. The van der Waals surface area contributed by atoms with Crippen LogP contribution in [0.2, 0.25) is 0 Å². The molecule has 4 atom stereocenters. The third kappa shape index (κ3) is 4.65. The highest BCUT2D eigenvalue weighted by atomic mass is 16.6. The third-order valence-electron chi connectivity index (χ3n) is 6.59. The lowest BCUT2D eigenvalue weighted by Crippen LogP contribution is -2.30. The van der Waals surface area contributed by atoms with Crippen LogP contribution in [0.4, 0.5) is 0 Å². The van der Waals surface area contributed by atoms with Crippen LogP contribution in [0, 0.1) is 11.8 Å². The zero-order valence-corrected chi connectivity index (χ0v) is 18.0. The van der Waals surface area contributed by atoms with E-state index in [1.807, 2.05) is 13.0 Å². The summed E-state index contributed by atoms with van der Waals surface area (Å²) >= 11 is 0. The zero-order chi connectivity index (χ0) is 20.1. The standard InChI is InChI=1S/C24H37NO3/c1-5-7-8-9-16(3)17(4)19-12-22(26)24-21-14-20(25-28-6-2)11-10-18(21)15-27-23(24)13-19/h12-14,16-18,21,25-26H,5-11,15H2,1-4H3/t16?,17?,18-,21+/m0/s1. The Morgan fingerprint density at radius 3 is 2.82 bits per heavy atom. The number of hydrogen-bond donors (Lipinski definition) is 2. The van der Waals surface area contributed by atoms with Crippen molar-refractivity contribution in [2.75, 3.05) is 13.2 Å². The van der Waals surface area contributed by atoms with Gasteiger partial charge in [-0.25, -0.2) is 0 Å². The Bertz CT molecular complexity index is 685. The molecule has 0 saturated heterocycles. The average molecular weight is 388 g/mol. The molecule has 0 saturated carbocycles. The molecule has 0 spiro atoms. The molecule has 1 aromatic carbocycles. The van der Waals surface area contributed by atoms with Crippen LogP contribution in [-0.4, -0.2) is 18.3 Å². The topological polar surface area (TPSA) is 50.7 Å². The minimum Gasteiger partial charge on any atom is -0.507 e. The second kappa shape index (κ2) is 9.69. The number of hydrogen-bond acceptors (Lipinski definition) is 4. The molecule has 0 bridgehead atoms. The molecular formula is C24H37NO3. The highest BCUT2D eigenvalue weighted by molar-refractivity contribution is 5.53. The monoisotopic (exact) mass is 387 g/mol. The van der Waals surface area contributed by atoms with Gasteiger partial charge in [-0.15, -0.1) is 0 Å². The van der Waals surface area contributed by atoms with E-state index in [0.717, 1.165) is 36.5 Å². The first-order valence-corrected chi connectivity index (χ1v) is 11.1. The molecule has 2 aliphatic rings. The van der Waals surface area contributed by atoms with Gasteiger partial charge >= 0.3 is 0 Å². The lowest BCUT2D eigenvalue weighted by atomic mass is 9.76. The summed E-state index contributed by atoms with van der Waals surface area (Å²) in [6.07, 6.45) is 9.29. The van der Waals surface area contributed by atoms with Crippen molar-refractivity contribution in [1.82, 2.24) is 5.48 Å². The lowest BCUT2D eigenvalue weighted by Gasteiger charge is -2.36. The van der Waals surface area contributed by atoms with E-state index in [4.69, 9.17) is 9.57 Å². The number of benzene rings is 1. The van der Waals surface area contributed by atoms with E-state index in [1.165, 1.54) is 31.2 Å². The maximum absolute atomic E-state index is 10.9. The maximum Gasteiger partial charge on any atom is 0.127 e. The minimum absolute atomic E-state index is 0.187. The first kappa shape index (κ1) is 21.0. The number of hydroxylamine groups is 1. The van der Waals surface area contributed by atoms with Crippen molar-refractivity contribution in [2.24, 2.45) is 11.8 Å². The summed E-state index contributed by atoms with van der Waals surface area (Å²) in [5.41, 5.74) is 6.30. The Hall–Kier alpha value is -1.68. The number of allylic oxidation sites excluding steroid dienone is 2. The molecule has 2 unspecified atom stereocenters. The first-order chi connectivity index (χ1) is 13.5. The van der Waals surface area contributed by atoms with E-state index < -0.39 is 0 Å². The average Bonchev–Trinajstić information content (AvgIpc) is 2.71. The Morgan fingerprint density at radius 1 is 1.25 bits per heavy atom.